The fraction of sp³-hybridized carbons (Fsp3) is 0.294. The molecule has 0 saturated heterocycles. The van der Waals surface area contributed by atoms with Gasteiger partial charge >= 0.3 is 0 Å². The highest BCUT2D eigenvalue weighted by Crippen LogP contribution is 2.36. The van der Waals surface area contributed by atoms with Crippen molar-refractivity contribution in [2.75, 3.05) is 19.5 Å². The average Bonchev–Trinajstić information content (AvgIpc) is 2.99. The van der Waals surface area contributed by atoms with Crippen LogP contribution in [0.4, 0.5) is 5.69 Å². The lowest BCUT2D eigenvalue weighted by Gasteiger charge is -2.20. The molecule has 224 valence electrons. The Morgan fingerprint density at radius 3 is 2.37 bits per heavy atom. The van der Waals surface area contributed by atoms with E-state index in [1.54, 1.807) is 50.6 Å². The topological polar surface area (TPSA) is 132 Å². The van der Waals surface area contributed by atoms with Crippen molar-refractivity contribution in [1.29, 1.82) is 5.41 Å². The maximum absolute atomic E-state index is 13.3. The van der Waals surface area contributed by atoms with Crippen LogP contribution in [-0.2, 0) is 4.79 Å². The molecular weight excluding hydrogens is 542 g/mol. The van der Waals surface area contributed by atoms with Gasteiger partial charge in [-0.15, -0.1) is 0 Å². The third-order valence-corrected chi connectivity index (χ3v) is 7.01. The first-order valence-corrected chi connectivity index (χ1v) is 14.0. The quantitative estimate of drug-likeness (QED) is 0.150. The highest BCUT2D eigenvalue weighted by Gasteiger charge is 2.20. The number of aromatic nitrogens is 2. The second-order valence-electron chi connectivity index (χ2n) is 11.3. The molecule has 0 radical (unpaired) electrons. The van der Waals surface area contributed by atoms with Crippen molar-refractivity contribution in [3.63, 3.8) is 0 Å². The Kier molecular flexibility index (Phi) is 9.77. The molecule has 0 aliphatic rings. The summed E-state index contributed by atoms with van der Waals surface area (Å²) in [5.74, 6) is 1.77. The van der Waals surface area contributed by atoms with Gasteiger partial charge in [-0.2, -0.15) is 0 Å². The number of ether oxygens (including phenoxy) is 3. The number of ketones is 1. The molecule has 9 nitrogen and oxygen atoms in total. The number of carbonyl (C=O) groups is 1. The second-order valence-corrected chi connectivity index (χ2v) is 11.3. The second kappa shape index (κ2) is 13.5. The number of allylic oxidation sites excluding steroid dienone is 2. The van der Waals surface area contributed by atoms with Crippen LogP contribution < -0.4 is 25.3 Å². The zero-order valence-electron chi connectivity index (χ0n) is 25.5. The van der Waals surface area contributed by atoms with E-state index in [4.69, 9.17) is 25.4 Å². The lowest BCUT2D eigenvalue weighted by Crippen LogP contribution is -2.22. The number of carbonyl (C=O) groups excluding carboxylic acids is 1. The number of benzene rings is 3. The molecule has 0 bridgehead atoms. The lowest BCUT2D eigenvalue weighted by atomic mass is 9.89. The van der Waals surface area contributed by atoms with E-state index in [-0.39, 0.29) is 17.6 Å². The zero-order chi connectivity index (χ0) is 31.1. The van der Waals surface area contributed by atoms with Gasteiger partial charge in [-0.05, 0) is 55.3 Å². The Morgan fingerprint density at radius 1 is 1.00 bits per heavy atom. The van der Waals surface area contributed by atoms with E-state index in [1.165, 1.54) is 6.33 Å². The minimum Gasteiger partial charge on any atom is -0.493 e. The van der Waals surface area contributed by atoms with Crippen molar-refractivity contribution in [1.82, 2.24) is 9.97 Å². The van der Waals surface area contributed by atoms with Crippen molar-refractivity contribution in [3.8, 4) is 23.1 Å². The Labute approximate surface area is 252 Å². The van der Waals surface area contributed by atoms with Crippen LogP contribution in [0.15, 0.2) is 78.8 Å². The smallest absolute Gasteiger partial charge is 0.230 e. The third-order valence-electron chi connectivity index (χ3n) is 7.01. The molecule has 0 saturated carbocycles. The fourth-order valence-corrected chi connectivity index (χ4v) is 4.31. The maximum atomic E-state index is 13.3. The molecule has 1 aromatic heterocycles. The molecule has 0 unspecified atom stereocenters. The van der Waals surface area contributed by atoms with E-state index in [0.29, 0.717) is 51.7 Å². The molecule has 0 amide bonds. The van der Waals surface area contributed by atoms with Crippen LogP contribution in [0.2, 0.25) is 0 Å². The standard InChI is InChI=1S/C34H39N5O4/c1-21-10-12-23(13-11-21)39-24(17-31(35)34(2,3)4)14-15-28(40)32(36)22-8-7-9-25(16-22)43-33-26-18-29(41-5)30(42-6)19-27(26)37-20-38-33/h7-13,16-20,32,35,39H,14-15,36H2,1-6H3/b24-17-,35-31?/t32-/m1/s1. The molecule has 0 aliphatic heterocycles. The number of hydrogen-bond acceptors (Lipinski definition) is 9. The van der Waals surface area contributed by atoms with Crippen LogP contribution in [0, 0.1) is 17.7 Å². The number of hydrogen-bond donors (Lipinski definition) is 3. The van der Waals surface area contributed by atoms with Gasteiger partial charge in [-0.1, -0.05) is 50.6 Å². The summed E-state index contributed by atoms with van der Waals surface area (Å²) in [6.45, 7) is 8.00. The molecule has 0 fully saturated rings. The molecule has 4 rings (SSSR count). The SMILES string of the molecule is COc1cc2ncnc(Oc3cccc([C@@H](N)C(=O)CC/C(=C/C(=N)C(C)(C)C)Nc4ccc(C)cc4)c3)c2cc1OC. The predicted octanol–water partition coefficient (Wildman–Crippen LogP) is 7.16. The van der Waals surface area contributed by atoms with Gasteiger partial charge in [0.15, 0.2) is 17.3 Å². The van der Waals surface area contributed by atoms with Gasteiger partial charge in [-0.3, -0.25) is 4.79 Å². The van der Waals surface area contributed by atoms with Gasteiger partial charge in [0, 0.05) is 35.0 Å². The fourth-order valence-electron chi connectivity index (χ4n) is 4.31. The highest BCUT2D eigenvalue weighted by molar-refractivity contribution is 5.97. The Balaban J connectivity index is 1.50. The Bertz CT molecular complexity index is 1640. The maximum Gasteiger partial charge on any atom is 0.230 e. The summed E-state index contributed by atoms with van der Waals surface area (Å²) in [7, 11) is 3.12. The van der Waals surface area contributed by atoms with Gasteiger partial charge in [0.2, 0.25) is 5.88 Å². The first-order chi connectivity index (χ1) is 20.5. The number of nitrogens with two attached hydrogens (primary N) is 1. The van der Waals surface area contributed by atoms with Gasteiger partial charge < -0.3 is 30.7 Å². The third kappa shape index (κ3) is 7.96. The van der Waals surface area contributed by atoms with Crippen LogP contribution >= 0.6 is 0 Å². The zero-order valence-corrected chi connectivity index (χ0v) is 25.5. The van der Waals surface area contributed by atoms with Gasteiger partial charge in [0.25, 0.3) is 0 Å². The van der Waals surface area contributed by atoms with Crippen LogP contribution in [-0.4, -0.2) is 35.7 Å². The summed E-state index contributed by atoms with van der Waals surface area (Å²) in [5, 5.41) is 12.6. The predicted molar refractivity (Wildman–Crippen MR) is 170 cm³/mol. The van der Waals surface area contributed by atoms with Gasteiger partial charge in [-0.25, -0.2) is 9.97 Å². The molecule has 0 aliphatic carbocycles. The molecule has 0 spiro atoms. The van der Waals surface area contributed by atoms with Crippen LogP contribution in [0.1, 0.15) is 50.8 Å². The van der Waals surface area contributed by atoms with E-state index >= 15 is 0 Å². The normalized spacial score (nSPS) is 12.5. The molecule has 3 aromatic carbocycles. The summed E-state index contributed by atoms with van der Waals surface area (Å²) in [6, 6.07) is 17.8. The van der Waals surface area contributed by atoms with Crippen molar-refractivity contribution >= 4 is 28.1 Å². The monoisotopic (exact) mass is 581 g/mol. The molecule has 43 heavy (non-hydrogen) atoms. The average molecular weight is 582 g/mol. The van der Waals surface area contributed by atoms with Gasteiger partial charge in [0.1, 0.15) is 12.1 Å². The van der Waals surface area contributed by atoms with E-state index < -0.39 is 6.04 Å². The molecular formula is C34H39N5O4. The summed E-state index contributed by atoms with van der Waals surface area (Å²) >= 11 is 0. The van der Waals surface area contributed by atoms with E-state index in [9.17, 15) is 4.79 Å². The summed E-state index contributed by atoms with van der Waals surface area (Å²) in [6.07, 6.45) is 3.83. The number of nitrogens with zero attached hydrogens (tertiary/aromatic N) is 2. The first kappa shape index (κ1) is 31.2. The number of rotatable bonds is 12. The van der Waals surface area contributed by atoms with E-state index in [1.807, 2.05) is 58.0 Å². The first-order valence-electron chi connectivity index (χ1n) is 14.0. The van der Waals surface area contributed by atoms with E-state index in [0.717, 1.165) is 16.9 Å². The molecule has 4 N–H and O–H groups in total. The van der Waals surface area contributed by atoms with Crippen molar-refractivity contribution in [3.05, 3.63) is 89.9 Å². The number of aryl methyl sites for hydroxylation is 1. The Hall–Kier alpha value is -4.76. The number of Topliss-reactive ketones (excluding diaryl/α,β-unsaturated/α-hetero) is 1. The van der Waals surface area contributed by atoms with Crippen LogP contribution in [0.3, 0.4) is 0 Å². The largest absolute Gasteiger partial charge is 0.493 e. The summed E-state index contributed by atoms with van der Waals surface area (Å²) in [4.78, 5) is 21.9. The van der Waals surface area contributed by atoms with Crippen LogP contribution in [0.5, 0.6) is 23.1 Å². The minimum absolute atomic E-state index is 0.125. The van der Waals surface area contributed by atoms with Crippen molar-refractivity contribution in [2.24, 2.45) is 11.1 Å². The van der Waals surface area contributed by atoms with Crippen molar-refractivity contribution < 1.29 is 19.0 Å². The minimum atomic E-state index is -0.849. The number of methoxy groups -OCH3 is 2. The molecule has 9 heteroatoms. The highest BCUT2D eigenvalue weighted by atomic mass is 16.5. The summed E-state index contributed by atoms with van der Waals surface area (Å²) < 4.78 is 16.9. The van der Waals surface area contributed by atoms with E-state index in [2.05, 4.69) is 15.3 Å². The van der Waals surface area contributed by atoms with Crippen LogP contribution in [0.25, 0.3) is 10.9 Å². The molecule has 4 aromatic rings. The lowest BCUT2D eigenvalue weighted by molar-refractivity contribution is -0.120. The van der Waals surface area contributed by atoms with Crippen molar-refractivity contribution in [2.45, 2.75) is 46.6 Å². The summed E-state index contributed by atoms with van der Waals surface area (Å²) in [5.41, 5.74) is 10.7. The van der Waals surface area contributed by atoms with Gasteiger partial charge in [0.05, 0.1) is 31.2 Å². The number of nitrogens with one attached hydrogen (secondary N) is 2. The molecule has 1 heterocycles. The molecule has 1 atom stereocenters. The number of fused-ring (bicyclic) bond motifs is 1. The Morgan fingerprint density at radius 2 is 1.70 bits per heavy atom. The number of anilines is 1.